The number of nitro groups is 1. The van der Waals surface area contributed by atoms with Crippen LogP contribution in [0.3, 0.4) is 0 Å². The minimum atomic E-state index is -0.425. The van der Waals surface area contributed by atoms with Crippen molar-refractivity contribution in [3.63, 3.8) is 0 Å². The number of nitrogens with zero attached hydrogens (tertiary/aromatic N) is 1. The summed E-state index contributed by atoms with van der Waals surface area (Å²) in [5.41, 5.74) is 1.57. The molecule has 15 heavy (non-hydrogen) atoms. The van der Waals surface area contributed by atoms with Crippen LogP contribution in [0, 0.1) is 17.0 Å². The predicted octanol–water partition coefficient (Wildman–Crippen LogP) is 2.60. The SMILES string of the molecule is Cc1cc(CCC(=O)Cl)ccc1[N+](=O)[O-]. The molecule has 0 fully saturated rings. The Morgan fingerprint density at radius 1 is 1.53 bits per heavy atom. The Morgan fingerprint density at radius 2 is 2.20 bits per heavy atom. The molecule has 0 bridgehead atoms. The first kappa shape index (κ1) is 11.7. The number of benzene rings is 1. The monoisotopic (exact) mass is 227 g/mol. The normalized spacial score (nSPS) is 10.0. The molecular weight excluding hydrogens is 218 g/mol. The summed E-state index contributed by atoms with van der Waals surface area (Å²) in [5, 5.41) is 10.1. The molecule has 0 atom stereocenters. The van der Waals surface area contributed by atoms with Gasteiger partial charge in [-0.15, -0.1) is 0 Å². The van der Waals surface area contributed by atoms with Gasteiger partial charge in [0.2, 0.25) is 5.24 Å². The average Bonchev–Trinajstić information content (AvgIpc) is 2.14. The van der Waals surface area contributed by atoms with E-state index in [1.165, 1.54) is 6.07 Å². The second-order valence-corrected chi connectivity index (χ2v) is 3.65. The van der Waals surface area contributed by atoms with Crippen LogP contribution in [-0.4, -0.2) is 10.2 Å². The van der Waals surface area contributed by atoms with E-state index in [1.54, 1.807) is 19.1 Å². The number of nitro benzene ring substituents is 1. The molecule has 0 aliphatic heterocycles. The van der Waals surface area contributed by atoms with Crippen molar-refractivity contribution in [1.82, 2.24) is 0 Å². The molecule has 1 aromatic carbocycles. The first-order valence-corrected chi connectivity index (χ1v) is 4.80. The van der Waals surface area contributed by atoms with Crippen LogP contribution in [0.1, 0.15) is 17.5 Å². The van der Waals surface area contributed by atoms with Gasteiger partial charge in [0.1, 0.15) is 0 Å². The molecule has 0 saturated carbocycles. The summed E-state index contributed by atoms with van der Waals surface area (Å²) in [4.78, 5) is 20.6. The molecule has 1 rings (SSSR count). The van der Waals surface area contributed by atoms with Gasteiger partial charge in [0, 0.05) is 18.1 Å². The van der Waals surface area contributed by atoms with E-state index in [1.807, 2.05) is 0 Å². The molecule has 0 N–H and O–H groups in total. The van der Waals surface area contributed by atoms with E-state index in [0.29, 0.717) is 12.0 Å². The number of aryl methyl sites for hydroxylation is 2. The van der Waals surface area contributed by atoms with Gasteiger partial charge >= 0.3 is 0 Å². The van der Waals surface area contributed by atoms with Gasteiger partial charge in [0.15, 0.2) is 0 Å². The van der Waals surface area contributed by atoms with Crippen LogP contribution in [0.25, 0.3) is 0 Å². The zero-order chi connectivity index (χ0) is 11.4. The van der Waals surface area contributed by atoms with E-state index < -0.39 is 10.2 Å². The van der Waals surface area contributed by atoms with Gasteiger partial charge in [0.25, 0.3) is 5.69 Å². The molecular formula is C10H10ClNO3. The first-order valence-electron chi connectivity index (χ1n) is 4.43. The molecule has 0 spiro atoms. The zero-order valence-electron chi connectivity index (χ0n) is 8.20. The fourth-order valence-electron chi connectivity index (χ4n) is 1.32. The van der Waals surface area contributed by atoms with Gasteiger partial charge in [-0.05, 0) is 36.6 Å². The maximum absolute atomic E-state index is 10.5. The molecule has 0 saturated heterocycles. The van der Waals surface area contributed by atoms with Crippen molar-refractivity contribution < 1.29 is 9.72 Å². The van der Waals surface area contributed by atoms with Crippen LogP contribution in [0.5, 0.6) is 0 Å². The third-order valence-corrected chi connectivity index (χ3v) is 2.26. The van der Waals surface area contributed by atoms with Crippen LogP contribution in [-0.2, 0) is 11.2 Å². The van der Waals surface area contributed by atoms with Gasteiger partial charge in [-0.2, -0.15) is 0 Å². The molecule has 4 nitrogen and oxygen atoms in total. The number of hydrogen-bond donors (Lipinski definition) is 0. The van der Waals surface area contributed by atoms with E-state index >= 15 is 0 Å². The fourth-order valence-corrected chi connectivity index (χ4v) is 1.42. The predicted molar refractivity (Wildman–Crippen MR) is 57.0 cm³/mol. The summed E-state index contributed by atoms with van der Waals surface area (Å²) in [6.07, 6.45) is 0.764. The summed E-state index contributed by atoms with van der Waals surface area (Å²) < 4.78 is 0. The Bertz CT molecular complexity index is 404. The highest BCUT2D eigenvalue weighted by atomic mass is 35.5. The van der Waals surface area contributed by atoms with Crippen molar-refractivity contribution in [3.05, 3.63) is 39.4 Å². The van der Waals surface area contributed by atoms with Crippen molar-refractivity contribution in [2.75, 3.05) is 0 Å². The van der Waals surface area contributed by atoms with Crippen molar-refractivity contribution >= 4 is 22.5 Å². The highest BCUT2D eigenvalue weighted by Crippen LogP contribution is 2.19. The highest BCUT2D eigenvalue weighted by molar-refractivity contribution is 6.63. The summed E-state index contributed by atoms with van der Waals surface area (Å²) in [5.74, 6) is 0. The van der Waals surface area contributed by atoms with E-state index in [4.69, 9.17) is 11.6 Å². The Kier molecular flexibility index (Phi) is 3.80. The summed E-state index contributed by atoms with van der Waals surface area (Å²) >= 11 is 5.20. The van der Waals surface area contributed by atoms with E-state index in [0.717, 1.165) is 5.56 Å². The fraction of sp³-hybridized carbons (Fsp3) is 0.300. The van der Waals surface area contributed by atoms with E-state index in [-0.39, 0.29) is 12.1 Å². The Hall–Kier alpha value is -1.42. The van der Waals surface area contributed by atoms with Gasteiger partial charge in [-0.3, -0.25) is 14.9 Å². The largest absolute Gasteiger partial charge is 0.281 e. The molecule has 0 aromatic heterocycles. The Balaban J connectivity index is 2.82. The molecule has 0 heterocycles. The number of rotatable bonds is 4. The molecule has 0 aliphatic rings. The van der Waals surface area contributed by atoms with Crippen molar-refractivity contribution in [2.24, 2.45) is 0 Å². The summed E-state index contributed by atoms with van der Waals surface area (Å²) in [6, 6.07) is 4.80. The summed E-state index contributed by atoms with van der Waals surface area (Å²) in [6.45, 7) is 1.67. The van der Waals surface area contributed by atoms with E-state index in [2.05, 4.69) is 0 Å². The third kappa shape index (κ3) is 3.32. The average molecular weight is 228 g/mol. The van der Waals surface area contributed by atoms with Gasteiger partial charge in [-0.1, -0.05) is 6.07 Å². The molecule has 80 valence electrons. The third-order valence-electron chi connectivity index (χ3n) is 2.07. The maximum atomic E-state index is 10.5. The minimum Gasteiger partial charge on any atom is -0.281 e. The topological polar surface area (TPSA) is 60.2 Å². The lowest BCUT2D eigenvalue weighted by Crippen LogP contribution is -1.95. The molecule has 0 aliphatic carbocycles. The number of carbonyl (C=O) groups excluding carboxylic acids is 1. The molecule has 5 heteroatoms. The lowest BCUT2D eigenvalue weighted by molar-refractivity contribution is -0.385. The standard InChI is InChI=1S/C10H10ClNO3/c1-7-6-8(3-5-10(11)13)2-4-9(7)12(14)15/h2,4,6H,3,5H2,1H3. The molecule has 1 aromatic rings. The van der Waals surface area contributed by atoms with Crippen LogP contribution in [0.15, 0.2) is 18.2 Å². The smallest absolute Gasteiger partial charge is 0.272 e. The summed E-state index contributed by atoms with van der Waals surface area (Å²) in [7, 11) is 0. The number of hydrogen-bond acceptors (Lipinski definition) is 3. The van der Waals surface area contributed by atoms with E-state index in [9.17, 15) is 14.9 Å². The Morgan fingerprint density at radius 3 is 2.67 bits per heavy atom. The van der Waals surface area contributed by atoms with Crippen LogP contribution < -0.4 is 0 Å². The van der Waals surface area contributed by atoms with Crippen LogP contribution >= 0.6 is 11.6 Å². The lowest BCUT2D eigenvalue weighted by atomic mass is 10.1. The quantitative estimate of drug-likeness (QED) is 0.451. The van der Waals surface area contributed by atoms with Crippen molar-refractivity contribution in [3.8, 4) is 0 Å². The maximum Gasteiger partial charge on any atom is 0.272 e. The second-order valence-electron chi connectivity index (χ2n) is 3.23. The highest BCUT2D eigenvalue weighted by Gasteiger charge is 2.10. The van der Waals surface area contributed by atoms with Gasteiger partial charge in [0.05, 0.1) is 4.92 Å². The van der Waals surface area contributed by atoms with Gasteiger partial charge in [-0.25, -0.2) is 0 Å². The molecule has 0 amide bonds. The van der Waals surface area contributed by atoms with Crippen molar-refractivity contribution in [1.29, 1.82) is 0 Å². The van der Waals surface area contributed by atoms with Crippen LogP contribution in [0.4, 0.5) is 5.69 Å². The second kappa shape index (κ2) is 4.89. The number of carbonyl (C=O) groups is 1. The molecule has 0 radical (unpaired) electrons. The zero-order valence-corrected chi connectivity index (χ0v) is 8.95. The first-order chi connectivity index (χ1) is 7.00. The number of halogens is 1. The van der Waals surface area contributed by atoms with Crippen LogP contribution in [0.2, 0.25) is 0 Å². The lowest BCUT2D eigenvalue weighted by Gasteiger charge is -2.01. The Labute approximate surface area is 92.0 Å². The minimum absolute atomic E-state index is 0.0935. The molecule has 0 unspecified atom stereocenters. The van der Waals surface area contributed by atoms with Crippen molar-refractivity contribution in [2.45, 2.75) is 19.8 Å². The van der Waals surface area contributed by atoms with Gasteiger partial charge < -0.3 is 0 Å².